The van der Waals surface area contributed by atoms with Crippen molar-refractivity contribution in [3.63, 3.8) is 0 Å². The highest BCUT2D eigenvalue weighted by Gasteiger charge is 2.24. The Bertz CT molecular complexity index is 932. The number of anilines is 1. The largest absolute Gasteiger partial charge is 0.448 e. The number of para-hydroxylation sites is 1. The molecular weight excluding hydrogens is 338 g/mol. The first kappa shape index (κ1) is 17.3. The summed E-state index contributed by atoms with van der Waals surface area (Å²) >= 11 is 0. The van der Waals surface area contributed by atoms with E-state index in [0.717, 1.165) is 0 Å². The number of rotatable bonds is 5. The van der Waals surface area contributed by atoms with Crippen LogP contribution < -0.4 is 5.32 Å². The quantitative estimate of drug-likeness (QED) is 0.697. The molecule has 0 bridgehead atoms. The number of nitrogens with zero attached hydrogens (tertiary/aromatic N) is 4. The molecule has 0 spiro atoms. The summed E-state index contributed by atoms with van der Waals surface area (Å²) in [6.45, 7) is 4.80. The van der Waals surface area contributed by atoms with Crippen molar-refractivity contribution < 1.29 is 18.8 Å². The molecule has 0 radical (unpaired) electrons. The summed E-state index contributed by atoms with van der Waals surface area (Å²) in [5.74, 6) is -0.455. The molecule has 1 aromatic carbocycles. The van der Waals surface area contributed by atoms with E-state index in [-0.39, 0.29) is 11.5 Å². The topological polar surface area (TPSA) is 112 Å². The maximum atomic E-state index is 12.3. The fourth-order valence-corrected chi connectivity index (χ4v) is 2.17. The van der Waals surface area contributed by atoms with Crippen LogP contribution in [0.1, 0.15) is 28.9 Å². The van der Waals surface area contributed by atoms with Gasteiger partial charge in [0.25, 0.3) is 5.91 Å². The van der Waals surface area contributed by atoms with E-state index >= 15 is 0 Å². The third-order valence-electron chi connectivity index (χ3n) is 3.49. The van der Waals surface area contributed by atoms with E-state index in [1.165, 1.54) is 11.7 Å². The third kappa shape index (κ3) is 3.77. The van der Waals surface area contributed by atoms with Gasteiger partial charge in [0.15, 0.2) is 17.6 Å². The van der Waals surface area contributed by atoms with Crippen LogP contribution in [0.3, 0.4) is 0 Å². The van der Waals surface area contributed by atoms with Gasteiger partial charge in [-0.1, -0.05) is 23.4 Å². The number of esters is 1. The SMILES string of the molecule is Cc1cc(NC(=O)C(C)OC(=O)c2nn(-c3ccccc3)nc2C)no1. The van der Waals surface area contributed by atoms with Gasteiger partial charge in [-0.15, -0.1) is 5.10 Å². The van der Waals surface area contributed by atoms with Gasteiger partial charge in [-0.3, -0.25) is 4.79 Å². The first-order valence-corrected chi connectivity index (χ1v) is 7.88. The number of amides is 1. The fraction of sp³-hybridized carbons (Fsp3) is 0.235. The molecule has 0 saturated heterocycles. The van der Waals surface area contributed by atoms with Gasteiger partial charge in [0.1, 0.15) is 5.76 Å². The number of hydrogen-bond donors (Lipinski definition) is 1. The smallest absolute Gasteiger partial charge is 0.361 e. The number of carbonyl (C=O) groups excluding carboxylic acids is 2. The van der Waals surface area contributed by atoms with Gasteiger partial charge in [0, 0.05) is 6.07 Å². The average Bonchev–Trinajstić information content (AvgIpc) is 3.21. The zero-order valence-corrected chi connectivity index (χ0v) is 14.5. The summed E-state index contributed by atoms with van der Waals surface area (Å²) in [7, 11) is 0. The van der Waals surface area contributed by atoms with Crippen LogP contribution in [0.15, 0.2) is 40.9 Å². The van der Waals surface area contributed by atoms with E-state index in [9.17, 15) is 9.59 Å². The van der Waals surface area contributed by atoms with E-state index in [0.29, 0.717) is 17.1 Å². The first-order valence-electron chi connectivity index (χ1n) is 7.88. The van der Waals surface area contributed by atoms with Crippen molar-refractivity contribution in [3.05, 3.63) is 53.5 Å². The normalized spacial score (nSPS) is 11.8. The van der Waals surface area contributed by atoms with Crippen molar-refractivity contribution in [3.8, 4) is 5.69 Å². The Morgan fingerprint density at radius 1 is 1.19 bits per heavy atom. The molecule has 1 N–H and O–H groups in total. The molecule has 9 nitrogen and oxygen atoms in total. The lowest BCUT2D eigenvalue weighted by molar-refractivity contribution is -0.123. The van der Waals surface area contributed by atoms with Crippen LogP contribution >= 0.6 is 0 Å². The monoisotopic (exact) mass is 355 g/mol. The van der Waals surface area contributed by atoms with Crippen LogP contribution in [-0.2, 0) is 9.53 Å². The van der Waals surface area contributed by atoms with Crippen molar-refractivity contribution in [2.24, 2.45) is 0 Å². The molecule has 0 aliphatic heterocycles. The fourth-order valence-electron chi connectivity index (χ4n) is 2.17. The number of aromatic nitrogens is 4. The maximum Gasteiger partial charge on any atom is 0.361 e. The summed E-state index contributed by atoms with van der Waals surface area (Å²) in [5, 5.41) is 14.5. The third-order valence-corrected chi connectivity index (χ3v) is 3.49. The van der Waals surface area contributed by atoms with Crippen LogP contribution in [0.2, 0.25) is 0 Å². The molecule has 3 aromatic rings. The van der Waals surface area contributed by atoms with Crippen LogP contribution in [0, 0.1) is 13.8 Å². The minimum Gasteiger partial charge on any atom is -0.448 e. The second-order valence-corrected chi connectivity index (χ2v) is 5.62. The van der Waals surface area contributed by atoms with Gasteiger partial charge < -0.3 is 14.6 Å². The molecule has 1 unspecified atom stereocenters. The molecule has 0 aliphatic rings. The number of ether oxygens (including phenoxy) is 1. The molecule has 0 aliphatic carbocycles. The molecule has 134 valence electrons. The highest BCUT2D eigenvalue weighted by Crippen LogP contribution is 2.12. The number of benzene rings is 1. The second kappa shape index (κ2) is 7.18. The Morgan fingerprint density at radius 2 is 1.92 bits per heavy atom. The Hall–Kier alpha value is -3.49. The average molecular weight is 355 g/mol. The van der Waals surface area contributed by atoms with E-state index in [1.54, 1.807) is 19.9 Å². The molecule has 0 saturated carbocycles. The standard InChI is InChI=1S/C17H17N5O4/c1-10-9-14(21-26-10)18-16(23)12(3)25-17(24)15-11(2)19-22(20-15)13-7-5-4-6-8-13/h4-9,12H,1-3H3,(H,18,21,23). The summed E-state index contributed by atoms with van der Waals surface area (Å²) in [4.78, 5) is 25.8. The minimum absolute atomic E-state index is 0.0470. The van der Waals surface area contributed by atoms with Gasteiger partial charge >= 0.3 is 5.97 Å². The van der Waals surface area contributed by atoms with Gasteiger partial charge in [-0.05, 0) is 32.9 Å². The predicted octanol–water partition coefficient (Wildman–Crippen LogP) is 2.06. The Morgan fingerprint density at radius 3 is 2.58 bits per heavy atom. The lowest BCUT2D eigenvalue weighted by Gasteiger charge is -2.11. The summed E-state index contributed by atoms with van der Waals surface area (Å²) in [5.41, 5.74) is 1.16. The molecule has 0 fully saturated rings. The molecule has 3 rings (SSSR count). The lowest BCUT2D eigenvalue weighted by atomic mass is 10.3. The number of hydrogen-bond acceptors (Lipinski definition) is 7. The van der Waals surface area contributed by atoms with Crippen LogP contribution in [0.4, 0.5) is 5.82 Å². The molecule has 2 heterocycles. The maximum absolute atomic E-state index is 12.3. The lowest BCUT2D eigenvalue weighted by Crippen LogP contribution is -2.30. The molecule has 26 heavy (non-hydrogen) atoms. The molecule has 1 atom stereocenters. The van der Waals surface area contributed by atoms with Crippen molar-refractivity contribution in [2.45, 2.75) is 26.9 Å². The highest BCUT2D eigenvalue weighted by molar-refractivity contribution is 5.96. The first-order chi connectivity index (χ1) is 12.4. The predicted molar refractivity (Wildman–Crippen MR) is 90.8 cm³/mol. The zero-order valence-electron chi connectivity index (χ0n) is 14.5. The van der Waals surface area contributed by atoms with Gasteiger partial charge in [-0.25, -0.2) is 4.79 Å². The van der Waals surface area contributed by atoms with Crippen molar-refractivity contribution in [1.29, 1.82) is 0 Å². The van der Waals surface area contributed by atoms with Crippen LogP contribution in [-0.4, -0.2) is 38.1 Å². The molecule has 1 amide bonds. The van der Waals surface area contributed by atoms with E-state index in [2.05, 4.69) is 20.7 Å². The molecule has 9 heteroatoms. The number of carbonyl (C=O) groups is 2. The Kier molecular flexibility index (Phi) is 4.78. The van der Waals surface area contributed by atoms with Gasteiger partial charge in [0.2, 0.25) is 0 Å². The van der Waals surface area contributed by atoms with Crippen molar-refractivity contribution in [1.82, 2.24) is 20.2 Å². The summed E-state index contributed by atoms with van der Waals surface area (Å²) in [6.07, 6.45) is -1.04. The summed E-state index contributed by atoms with van der Waals surface area (Å²) in [6, 6.07) is 10.7. The summed E-state index contributed by atoms with van der Waals surface area (Å²) < 4.78 is 10.0. The Balaban J connectivity index is 1.67. The van der Waals surface area contributed by atoms with Gasteiger partial charge in [-0.2, -0.15) is 9.90 Å². The van der Waals surface area contributed by atoms with Crippen LogP contribution in [0.25, 0.3) is 5.69 Å². The molecule has 2 aromatic heterocycles. The number of aryl methyl sites for hydroxylation is 2. The highest BCUT2D eigenvalue weighted by atomic mass is 16.5. The number of nitrogens with one attached hydrogen (secondary N) is 1. The zero-order chi connectivity index (χ0) is 18.7. The molecular formula is C17H17N5O4. The Labute approximate surface area is 148 Å². The minimum atomic E-state index is -1.04. The van der Waals surface area contributed by atoms with E-state index in [1.807, 2.05) is 30.3 Å². The van der Waals surface area contributed by atoms with Crippen molar-refractivity contribution in [2.75, 3.05) is 5.32 Å². The van der Waals surface area contributed by atoms with E-state index < -0.39 is 18.0 Å². The van der Waals surface area contributed by atoms with Gasteiger partial charge in [0.05, 0.1) is 11.4 Å². The second-order valence-electron chi connectivity index (χ2n) is 5.62. The van der Waals surface area contributed by atoms with Crippen molar-refractivity contribution >= 4 is 17.7 Å². The van der Waals surface area contributed by atoms with Crippen LogP contribution in [0.5, 0.6) is 0 Å². The van der Waals surface area contributed by atoms with E-state index in [4.69, 9.17) is 9.26 Å².